The van der Waals surface area contributed by atoms with Crippen LogP contribution in [0.3, 0.4) is 0 Å². The molecule has 35 heavy (non-hydrogen) atoms. The van der Waals surface area contributed by atoms with Gasteiger partial charge in [0.1, 0.15) is 0 Å². The monoisotopic (exact) mass is 469 g/mol. The predicted octanol–water partition coefficient (Wildman–Crippen LogP) is 4.69. The molecule has 0 saturated carbocycles. The van der Waals surface area contributed by atoms with Gasteiger partial charge in [-0.25, -0.2) is 0 Å². The number of likely N-dealkylation sites (tertiary alicyclic amines) is 1. The zero-order valence-corrected chi connectivity index (χ0v) is 20.9. The van der Waals surface area contributed by atoms with Crippen LogP contribution in [0.15, 0.2) is 83.1 Å². The lowest BCUT2D eigenvalue weighted by Gasteiger charge is -2.40. The molecule has 0 radical (unpaired) electrons. The molecule has 182 valence electrons. The Kier molecular flexibility index (Phi) is 7.93. The first-order valence-electron chi connectivity index (χ1n) is 12.3. The van der Waals surface area contributed by atoms with Gasteiger partial charge in [0.05, 0.1) is 11.2 Å². The third-order valence-corrected chi connectivity index (χ3v) is 6.88. The number of para-hydroxylation sites is 1. The molecule has 2 aromatic heterocycles. The molecular weight excluding hydrogens is 434 g/mol. The number of rotatable bonds is 9. The minimum atomic E-state index is 0.114. The molecule has 4 rings (SSSR count). The summed E-state index contributed by atoms with van der Waals surface area (Å²) >= 11 is 0. The van der Waals surface area contributed by atoms with Crippen molar-refractivity contribution < 1.29 is 0 Å². The first kappa shape index (κ1) is 24.6. The Labute approximate surface area is 207 Å². The molecule has 0 amide bonds. The molecule has 1 aromatic carbocycles. The maximum Gasteiger partial charge on any atom is 0.193 e. The molecule has 3 aromatic rings. The van der Waals surface area contributed by atoms with Crippen molar-refractivity contribution in [2.24, 2.45) is 12.0 Å². The fourth-order valence-electron chi connectivity index (χ4n) is 5.05. The second-order valence-electron chi connectivity index (χ2n) is 9.21. The van der Waals surface area contributed by atoms with Gasteiger partial charge in [-0.2, -0.15) is 0 Å². The number of nitrogens with zero attached hydrogens (tertiary/aromatic N) is 5. The Balaban J connectivity index is 1.69. The van der Waals surface area contributed by atoms with Gasteiger partial charge < -0.3 is 9.47 Å². The standard InChI is InChI=1S/C29H35N5O/c1-5-24-16-22(13-14-31-24)18-34(26-10-9-15-33(21-26)25(6-2)17-30-3)20-23-19-32(4)28-12-8-7-11-27(28)29(23)35/h6-8,11-14,16-17,19,26H,2-3,5,9-10,15,18,20-21H2,1,4H3/b25-17+. The van der Waals surface area contributed by atoms with Crippen LogP contribution in [-0.4, -0.2) is 45.2 Å². The molecule has 1 fully saturated rings. The molecule has 3 heterocycles. The van der Waals surface area contributed by atoms with E-state index in [1.165, 1.54) is 5.56 Å². The van der Waals surface area contributed by atoms with Gasteiger partial charge in [-0.15, -0.1) is 0 Å². The van der Waals surface area contributed by atoms with E-state index in [0.717, 1.165) is 66.8 Å². The maximum atomic E-state index is 13.5. The highest BCUT2D eigenvalue weighted by molar-refractivity contribution is 5.79. The minimum Gasteiger partial charge on any atom is -0.369 e. The Hall–Kier alpha value is -3.51. The number of hydrogen-bond acceptors (Lipinski definition) is 5. The molecule has 0 aliphatic carbocycles. The van der Waals surface area contributed by atoms with Crippen LogP contribution in [0.4, 0.5) is 0 Å². The van der Waals surface area contributed by atoms with E-state index in [1.807, 2.05) is 49.8 Å². The molecule has 1 saturated heterocycles. The molecule has 1 unspecified atom stereocenters. The van der Waals surface area contributed by atoms with Gasteiger partial charge in [0.2, 0.25) is 0 Å². The molecule has 6 heteroatoms. The van der Waals surface area contributed by atoms with Crippen molar-refractivity contribution in [3.8, 4) is 0 Å². The third kappa shape index (κ3) is 5.60. The van der Waals surface area contributed by atoms with E-state index in [9.17, 15) is 4.79 Å². The fraction of sp³-hybridized carbons (Fsp3) is 0.345. The van der Waals surface area contributed by atoms with Gasteiger partial charge in [-0.3, -0.25) is 19.7 Å². The summed E-state index contributed by atoms with van der Waals surface area (Å²) in [5, 5.41) is 0.767. The van der Waals surface area contributed by atoms with Crippen LogP contribution in [0.25, 0.3) is 10.9 Å². The van der Waals surface area contributed by atoms with Gasteiger partial charge in [0.25, 0.3) is 0 Å². The van der Waals surface area contributed by atoms with E-state index < -0.39 is 0 Å². The summed E-state index contributed by atoms with van der Waals surface area (Å²) in [7, 11) is 2.01. The highest BCUT2D eigenvalue weighted by Gasteiger charge is 2.27. The number of allylic oxidation sites excluding steroid dienone is 1. The summed E-state index contributed by atoms with van der Waals surface area (Å²) in [6.45, 7) is 12.9. The third-order valence-electron chi connectivity index (χ3n) is 6.88. The van der Waals surface area contributed by atoms with E-state index in [1.54, 1.807) is 6.20 Å². The second-order valence-corrected chi connectivity index (χ2v) is 9.21. The van der Waals surface area contributed by atoms with E-state index in [2.05, 4.69) is 56.7 Å². The SMILES string of the molecule is C=C/C(=C\N=C)N1CCCC(N(Cc2ccnc(CC)c2)Cc2cn(C)c3ccccc3c2=O)C1. The highest BCUT2D eigenvalue weighted by Crippen LogP contribution is 2.24. The van der Waals surface area contributed by atoms with Crippen LogP contribution in [0, 0.1) is 0 Å². The van der Waals surface area contributed by atoms with Gasteiger partial charge in [-0.05, 0) is 61.9 Å². The first-order chi connectivity index (χ1) is 17.0. The van der Waals surface area contributed by atoms with Crippen LogP contribution in [-0.2, 0) is 26.6 Å². The van der Waals surface area contributed by atoms with Gasteiger partial charge >= 0.3 is 0 Å². The number of piperidine rings is 1. The lowest BCUT2D eigenvalue weighted by atomic mass is 10.0. The number of aliphatic imine (C=N–C) groups is 1. The molecule has 1 atom stereocenters. The molecule has 0 bridgehead atoms. The van der Waals surface area contributed by atoms with Crippen LogP contribution in [0.2, 0.25) is 0 Å². The summed E-state index contributed by atoms with van der Waals surface area (Å²) in [5.74, 6) is 0. The predicted molar refractivity (Wildman–Crippen MR) is 144 cm³/mol. The summed E-state index contributed by atoms with van der Waals surface area (Å²) in [6, 6.07) is 12.4. The summed E-state index contributed by atoms with van der Waals surface area (Å²) in [6.07, 6.45) is 10.5. The fourth-order valence-corrected chi connectivity index (χ4v) is 5.05. The molecule has 1 aliphatic rings. The molecule has 1 aliphatic heterocycles. The average molecular weight is 470 g/mol. The van der Waals surface area contributed by atoms with E-state index in [4.69, 9.17) is 0 Å². The van der Waals surface area contributed by atoms with Crippen LogP contribution >= 0.6 is 0 Å². The number of aryl methyl sites for hydroxylation is 2. The Morgan fingerprint density at radius 3 is 2.89 bits per heavy atom. The quantitative estimate of drug-likeness (QED) is 0.337. The van der Waals surface area contributed by atoms with Crippen molar-refractivity contribution in [1.82, 2.24) is 19.4 Å². The van der Waals surface area contributed by atoms with Crippen molar-refractivity contribution in [3.05, 3.63) is 100 Å². The molecular formula is C29H35N5O. The first-order valence-corrected chi connectivity index (χ1v) is 12.3. The number of pyridine rings is 2. The van der Waals surface area contributed by atoms with Crippen LogP contribution < -0.4 is 5.43 Å². The topological polar surface area (TPSA) is 53.7 Å². The minimum absolute atomic E-state index is 0.114. The lowest BCUT2D eigenvalue weighted by Crippen LogP contribution is -2.47. The number of aromatic nitrogens is 2. The van der Waals surface area contributed by atoms with Crippen molar-refractivity contribution >= 4 is 17.6 Å². The molecule has 6 nitrogen and oxygen atoms in total. The molecule has 0 spiro atoms. The lowest BCUT2D eigenvalue weighted by molar-refractivity contribution is 0.104. The smallest absolute Gasteiger partial charge is 0.193 e. The van der Waals surface area contributed by atoms with E-state index >= 15 is 0 Å². The Bertz CT molecular complexity index is 1290. The largest absolute Gasteiger partial charge is 0.369 e. The normalized spacial score (nSPS) is 16.6. The van der Waals surface area contributed by atoms with Crippen LogP contribution in [0.1, 0.15) is 36.6 Å². The maximum absolute atomic E-state index is 13.5. The van der Waals surface area contributed by atoms with Crippen molar-refractivity contribution in [2.45, 2.75) is 45.3 Å². The zero-order valence-electron chi connectivity index (χ0n) is 20.9. The van der Waals surface area contributed by atoms with E-state index in [-0.39, 0.29) is 11.5 Å². The number of fused-ring (bicyclic) bond motifs is 1. The zero-order chi connectivity index (χ0) is 24.8. The number of hydrogen-bond donors (Lipinski definition) is 0. The highest BCUT2D eigenvalue weighted by atomic mass is 16.1. The van der Waals surface area contributed by atoms with E-state index in [0.29, 0.717) is 6.54 Å². The van der Waals surface area contributed by atoms with Crippen molar-refractivity contribution in [3.63, 3.8) is 0 Å². The van der Waals surface area contributed by atoms with Crippen molar-refractivity contribution in [2.75, 3.05) is 13.1 Å². The average Bonchev–Trinajstić information content (AvgIpc) is 2.90. The summed E-state index contributed by atoms with van der Waals surface area (Å²) in [5.41, 5.74) is 5.19. The Morgan fingerprint density at radius 2 is 2.11 bits per heavy atom. The second kappa shape index (κ2) is 11.3. The summed E-state index contributed by atoms with van der Waals surface area (Å²) in [4.78, 5) is 26.7. The summed E-state index contributed by atoms with van der Waals surface area (Å²) < 4.78 is 2.06. The van der Waals surface area contributed by atoms with Gasteiger partial charge in [-0.1, -0.05) is 25.6 Å². The Morgan fingerprint density at radius 1 is 1.29 bits per heavy atom. The van der Waals surface area contributed by atoms with Gasteiger partial charge in [0.15, 0.2) is 5.43 Å². The molecule has 0 N–H and O–H groups in total. The van der Waals surface area contributed by atoms with Crippen LogP contribution in [0.5, 0.6) is 0 Å². The van der Waals surface area contributed by atoms with Crippen molar-refractivity contribution in [1.29, 1.82) is 0 Å². The number of benzene rings is 1. The van der Waals surface area contributed by atoms with Gasteiger partial charge in [0, 0.05) is 74.5 Å².